The van der Waals surface area contributed by atoms with E-state index in [9.17, 15) is 5.26 Å². The second-order valence-electron chi connectivity index (χ2n) is 5.96. The predicted molar refractivity (Wildman–Crippen MR) is 82.0 cm³/mol. The molecule has 0 bridgehead atoms. The Bertz CT molecular complexity index is 704. The summed E-state index contributed by atoms with van der Waals surface area (Å²) in [6, 6.07) is 17.3. The summed E-state index contributed by atoms with van der Waals surface area (Å²) >= 11 is 0. The van der Waals surface area contributed by atoms with Crippen molar-refractivity contribution >= 4 is 5.69 Å². The summed E-state index contributed by atoms with van der Waals surface area (Å²) in [5.41, 5.74) is 2.97. The van der Waals surface area contributed by atoms with Gasteiger partial charge in [0.2, 0.25) is 0 Å². The van der Waals surface area contributed by atoms with Crippen LogP contribution in [-0.2, 0) is 11.8 Å². The second kappa shape index (κ2) is 4.60. The summed E-state index contributed by atoms with van der Waals surface area (Å²) in [4.78, 5) is 6.96. The number of nitriles is 1. The van der Waals surface area contributed by atoms with E-state index in [4.69, 9.17) is 0 Å². The van der Waals surface area contributed by atoms with Crippen LogP contribution in [0.15, 0.2) is 48.7 Å². The van der Waals surface area contributed by atoms with E-state index in [2.05, 4.69) is 40.2 Å². The lowest BCUT2D eigenvalue weighted by Crippen LogP contribution is -2.52. The maximum absolute atomic E-state index is 10.1. The number of anilines is 1. The molecule has 0 saturated carbocycles. The van der Waals surface area contributed by atoms with Crippen molar-refractivity contribution in [2.24, 2.45) is 0 Å². The van der Waals surface area contributed by atoms with E-state index in [1.807, 2.05) is 18.2 Å². The van der Waals surface area contributed by atoms with Crippen molar-refractivity contribution in [3.8, 4) is 6.07 Å². The normalized spacial score (nSPS) is 26.8. The molecule has 2 aromatic rings. The van der Waals surface area contributed by atoms with Gasteiger partial charge in [0.15, 0.2) is 0 Å². The fourth-order valence-electron chi connectivity index (χ4n) is 3.99. The Labute approximate surface area is 124 Å². The average Bonchev–Trinajstić information content (AvgIpc) is 3.05. The number of benzene rings is 1. The van der Waals surface area contributed by atoms with E-state index in [1.165, 1.54) is 11.3 Å². The standard InChI is InChI=1S/C18H17N3/c19-13-18(16-8-3-4-10-20-16)12-14-6-1-2-7-15(14)21-11-5-9-17(18)21/h1-4,6-8,10,17H,5,9,11-12H2/t17-,18+/m1/s1. The predicted octanol–water partition coefficient (Wildman–Crippen LogP) is 3.07. The highest BCUT2D eigenvalue weighted by molar-refractivity contribution is 5.62. The number of rotatable bonds is 1. The molecule has 0 N–H and O–H groups in total. The van der Waals surface area contributed by atoms with Crippen LogP contribution in [0.4, 0.5) is 5.69 Å². The Hall–Kier alpha value is -2.34. The third kappa shape index (κ3) is 1.69. The Morgan fingerprint density at radius 2 is 2.05 bits per heavy atom. The largest absolute Gasteiger partial charge is 0.366 e. The molecule has 1 aromatic carbocycles. The molecule has 3 nitrogen and oxygen atoms in total. The number of hydrogen-bond donors (Lipinski definition) is 0. The van der Waals surface area contributed by atoms with E-state index < -0.39 is 5.41 Å². The molecule has 1 aromatic heterocycles. The Morgan fingerprint density at radius 1 is 1.19 bits per heavy atom. The minimum atomic E-state index is -0.522. The summed E-state index contributed by atoms with van der Waals surface area (Å²) in [5.74, 6) is 0. The Balaban J connectivity index is 1.92. The third-order valence-corrected chi connectivity index (χ3v) is 4.91. The highest BCUT2D eigenvalue weighted by Crippen LogP contribution is 2.46. The number of para-hydroxylation sites is 1. The maximum Gasteiger partial charge on any atom is 0.123 e. The van der Waals surface area contributed by atoms with Crippen LogP contribution in [0.3, 0.4) is 0 Å². The molecule has 2 aliphatic rings. The van der Waals surface area contributed by atoms with Crippen LogP contribution in [0.1, 0.15) is 24.1 Å². The Morgan fingerprint density at radius 3 is 2.86 bits per heavy atom. The molecule has 0 aliphatic carbocycles. The van der Waals surface area contributed by atoms with Gasteiger partial charge in [0.05, 0.1) is 17.8 Å². The lowest BCUT2D eigenvalue weighted by molar-refractivity contribution is 0.401. The van der Waals surface area contributed by atoms with Gasteiger partial charge >= 0.3 is 0 Å². The quantitative estimate of drug-likeness (QED) is 0.803. The molecule has 0 radical (unpaired) electrons. The average molecular weight is 275 g/mol. The molecule has 0 unspecified atom stereocenters. The molecular formula is C18H17N3. The van der Waals surface area contributed by atoms with Gasteiger partial charge < -0.3 is 4.90 Å². The second-order valence-corrected chi connectivity index (χ2v) is 5.96. The van der Waals surface area contributed by atoms with Gasteiger partial charge in [-0.15, -0.1) is 0 Å². The van der Waals surface area contributed by atoms with Crippen LogP contribution in [0.2, 0.25) is 0 Å². The first-order chi connectivity index (χ1) is 10.3. The smallest absolute Gasteiger partial charge is 0.123 e. The molecule has 1 saturated heterocycles. The monoisotopic (exact) mass is 275 g/mol. The van der Waals surface area contributed by atoms with Crippen molar-refractivity contribution in [3.63, 3.8) is 0 Å². The van der Waals surface area contributed by atoms with Crippen LogP contribution >= 0.6 is 0 Å². The summed E-state index contributed by atoms with van der Waals surface area (Å²) in [6.07, 6.45) is 4.78. The van der Waals surface area contributed by atoms with Gasteiger partial charge in [0.25, 0.3) is 0 Å². The van der Waals surface area contributed by atoms with Crippen LogP contribution in [0.25, 0.3) is 0 Å². The first-order valence-corrected chi connectivity index (χ1v) is 7.52. The van der Waals surface area contributed by atoms with Crippen molar-refractivity contribution in [1.82, 2.24) is 4.98 Å². The molecule has 1 fully saturated rings. The molecule has 3 heterocycles. The minimum absolute atomic E-state index is 0.243. The zero-order valence-electron chi connectivity index (χ0n) is 11.9. The minimum Gasteiger partial charge on any atom is -0.366 e. The molecular weight excluding hydrogens is 258 g/mol. The highest BCUT2D eigenvalue weighted by Gasteiger charge is 2.50. The van der Waals surface area contributed by atoms with Crippen molar-refractivity contribution in [3.05, 3.63) is 59.9 Å². The lowest BCUT2D eigenvalue weighted by Gasteiger charge is -2.44. The molecule has 3 heteroatoms. The summed E-state index contributed by atoms with van der Waals surface area (Å²) in [7, 11) is 0. The van der Waals surface area contributed by atoms with Gasteiger partial charge in [-0.1, -0.05) is 24.3 Å². The molecule has 21 heavy (non-hydrogen) atoms. The SMILES string of the molecule is N#C[C@]1(c2ccccn2)Cc2ccccc2N2CCC[C@@H]21. The Kier molecular flexibility index (Phi) is 2.71. The van der Waals surface area contributed by atoms with Crippen LogP contribution in [0, 0.1) is 11.3 Å². The van der Waals surface area contributed by atoms with Crippen molar-refractivity contribution < 1.29 is 0 Å². The maximum atomic E-state index is 10.1. The number of aromatic nitrogens is 1. The molecule has 0 amide bonds. The van der Waals surface area contributed by atoms with Crippen LogP contribution < -0.4 is 4.90 Å². The highest BCUT2D eigenvalue weighted by atomic mass is 15.2. The number of hydrogen-bond acceptors (Lipinski definition) is 3. The topological polar surface area (TPSA) is 39.9 Å². The van der Waals surface area contributed by atoms with Crippen molar-refractivity contribution in [1.29, 1.82) is 5.26 Å². The van der Waals surface area contributed by atoms with Crippen LogP contribution in [0.5, 0.6) is 0 Å². The molecule has 2 atom stereocenters. The van der Waals surface area contributed by atoms with Gasteiger partial charge in [0, 0.05) is 24.8 Å². The van der Waals surface area contributed by atoms with Gasteiger partial charge in [-0.3, -0.25) is 4.98 Å². The summed E-state index contributed by atoms with van der Waals surface area (Å²) < 4.78 is 0. The molecule has 2 aliphatic heterocycles. The van der Waals surface area contributed by atoms with E-state index in [-0.39, 0.29) is 6.04 Å². The molecule has 4 rings (SSSR count). The zero-order valence-corrected chi connectivity index (χ0v) is 11.9. The fraction of sp³-hybridized carbons (Fsp3) is 0.333. The number of pyridine rings is 1. The van der Waals surface area contributed by atoms with Crippen molar-refractivity contribution in [2.75, 3.05) is 11.4 Å². The molecule has 104 valence electrons. The first-order valence-electron chi connectivity index (χ1n) is 7.52. The van der Waals surface area contributed by atoms with Crippen molar-refractivity contribution in [2.45, 2.75) is 30.7 Å². The van der Waals surface area contributed by atoms with E-state index in [0.29, 0.717) is 0 Å². The number of nitrogens with zero attached hydrogens (tertiary/aromatic N) is 3. The van der Waals surface area contributed by atoms with Gasteiger partial charge in [-0.25, -0.2) is 0 Å². The van der Waals surface area contributed by atoms with Gasteiger partial charge in [-0.2, -0.15) is 5.26 Å². The van der Waals surface area contributed by atoms with Gasteiger partial charge in [-0.05, 0) is 36.6 Å². The zero-order chi connectivity index (χ0) is 14.3. The number of fused-ring (bicyclic) bond motifs is 3. The fourth-order valence-corrected chi connectivity index (χ4v) is 3.99. The lowest BCUT2D eigenvalue weighted by atomic mass is 9.70. The summed E-state index contributed by atoms with van der Waals surface area (Å²) in [6.45, 7) is 1.04. The van der Waals surface area contributed by atoms with E-state index in [1.54, 1.807) is 6.20 Å². The first kappa shape index (κ1) is 12.4. The van der Waals surface area contributed by atoms with E-state index in [0.717, 1.165) is 31.5 Å². The van der Waals surface area contributed by atoms with E-state index >= 15 is 0 Å². The third-order valence-electron chi connectivity index (χ3n) is 4.91. The van der Waals surface area contributed by atoms with Crippen LogP contribution in [-0.4, -0.2) is 17.6 Å². The molecule has 0 spiro atoms. The van der Waals surface area contributed by atoms with Gasteiger partial charge in [0.1, 0.15) is 5.41 Å². The summed E-state index contributed by atoms with van der Waals surface area (Å²) in [5, 5.41) is 10.1.